The van der Waals surface area contributed by atoms with Crippen molar-refractivity contribution in [1.29, 1.82) is 5.26 Å². The molecule has 2 fully saturated rings. The zero-order chi connectivity index (χ0) is 27.4. The second kappa shape index (κ2) is 9.47. The highest BCUT2D eigenvalue weighted by molar-refractivity contribution is 5.82. The van der Waals surface area contributed by atoms with E-state index in [1.54, 1.807) is 12.1 Å². The number of carbonyl (C=O) groups is 1. The average molecular weight is 529 g/mol. The molecule has 1 spiro atoms. The van der Waals surface area contributed by atoms with Crippen LogP contribution in [0.25, 0.3) is 22.8 Å². The van der Waals surface area contributed by atoms with Crippen molar-refractivity contribution in [1.82, 2.24) is 15.0 Å². The number of aromatic nitrogens is 2. The van der Waals surface area contributed by atoms with Gasteiger partial charge >= 0.3 is 0 Å². The Balaban J connectivity index is 1.24. The summed E-state index contributed by atoms with van der Waals surface area (Å²) >= 11 is 0. The van der Waals surface area contributed by atoms with Gasteiger partial charge < -0.3 is 23.6 Å². The normalized spacial score (nSPS) is 23.4. The summed E-state index contributed by atoms with van der Waals surface area (Å²) in [7, 11) is 0. The number of likely N-dealkylation sites (tertiary alicyclic amines) is 1. The first-order chi connectivity index (χ1) is 18.7. The Morgan fingerprint density at radius 3 is 2.82 bits per heavy atom. The molecule has 2 atom stereocenters. The van der Waals surface area contributed by atoms with E-state index in [0.29, 0.717) is 48.3 Å². The molecule has 0 bridgehead atoms. The molecule has 0 N–H and O–H groups in total. The zero-order valence-corrected chi connectivity index (χ0v) is 22.7. The predicted octanol–water partition coefficient (Wildman–Crippen LogP) is 4.63. The maximum atomic E-state index is 13.2. The van der Waals surface area contributed by atoms with Crippen molar-refractivity contribution in [3.05, 3.63) is 53.1 Å². The molecule has 3 aromatic rings. The van der Waals surface area contributed by atoms with Crippen molar-refractivity contribution in [2.24, 2.45) is 0 Å². The van der Waals surface area contributed by atoms with Gasteiger partial charge in [-0.2, -0.15) is 10.2 Å². The van der Waals surface area contributed by atoms with E-state index >= 15 is 0 Å². The van der Waals surface area contributed by atoms with Crippen molar-refractivity contribution in [2.45, 2.75) is 70.4 Å². The van der Waals surface area contributed by atoms with E-state index in [2.05, 4.69) is 17.3 Å². The van der Waals surface area contributed by atoms with Gasteiger partial charge in [-0.25, -0.2) is 0 Å². The van der Waals surface area contributed by atoms with Gasteiger partial charge in [0, 0.05) is 29.6 Å². The third-order valence-corrected chi connectivity index (χ3v) is 7.93. The number of hydrogen-bond acceptors (Lipinski definition) is 8. The van der Waals surface area contributed by atoms with E-state index in [-0.39, 0.29) is 17.4 Å². The van der Waals surface area contributed by atoms with Gasteiger partial charge in [0.1, 0.15) is 11.8 Å². The highest BCUT2D eigenvalue weighted by Gasteiger charge is 2.48. The number of ether oxygens (including phenoxy) is 3. The summed E-state index contributed by atoms with van der Waals surface area (Å²) in [4.78, 5) is 19.8. The van der Waals surface area contributed by atoms with Gasteiger partial charge in [0.15, 0.2) is 11.9 Å². The SMILES string of the molecule is CC(C)Oc1ccc(-c2nc(-c3cccc4c3CCC43CCN(C(=O)[C@H]4COC(C)(C)O4)C3)no2)cc1C#N. The lowest BCUT2D eigenvalue weighted by Crippen LogP contribution is -2.41. The van der Waals surface area contributed by atoms with Crippen molar-refractivity contribution in [3.63, 3.8) is 0 Å². The third-order valence-electron chi connectivity index (χ3n) is 7.93. The van der Waals surface area contributed by atoms with Crippen molar-refractivity contribution < 1.29 is 23.5 Å². The van der Waals surface area contributed by atoms with Crippen LogP contribution in [0.1, 0.15) is 57.2 Å². The monoisotopic (exact) mass is 528 g/mol. The first-order valence-corrected chi connectivity index (χ1v) is 13.5. The molecule has 39 heavy (non-hydrogen) atoms. The maximum Gasteiger partial charge on any atom is 0.258 e. The van der Waals surface area contributed by atoms with Gasteiger partial charge in [0.2, 0.25) is 5.82 Å². The van der Waals surface area contributed by atoms with E-state index < -0.39 is 11.9 Å². The lowest BCUT2D eigenvalue weighted by molar-refractivity contribution is -0.159. The van der Waals surface area contributed by atoms with Gasteiger partial charge in [-0.15, -0.1) is 0 Å². The summed E-state index contributed by atoms with van der Waals surface area (Å²) in [5.74, 6) is 0.677. The Morgan fingerprint density at radius 2 is 2.08 bits per heavy atom. The fourth-order valence-corrected chi connectivity index (χ4v) is 6.12. The quantitative estimate of drug-likeness (QED) is 0.471. The van der Waals surface area contributed by atoms with Gasteiger partial charge in [-0.3, -0.25) is 4.79 Å². The minimum Gasteiger partial charge on any atom is -0.490 e. The summed E-state index contributed by atoms with van der Waals surface area (Å²) in [6.45, 7) is 9.17. The summed E-state index contributed by atoms with van der Waals surface area (Å²) in [5, 5.41) is 13.9. The van der Waals surface area contributed by atoms with Crippen LogP contribution in [0.15, 0.2) is 40.9 Å². The maximum absolute atomic E-state index is 13.2. The van der Waals surface area contributed by atoms with Gasteiger partial charge in [-0.05, 0) is 76.3 Å². The van der Waals surface area contributed by atoms with Crippen LogP contribution in [0, 0.1) is 11.3 Å². The topological polar surface area (TPSA) is 111 Å². The van der Waals surface area contributed by atoms with E-state index in [9.17, 15) is 10.1 Å². The molecule has 2 saturated heterocycles. The lowest BCUT2D eigenvalue weighted by atomic mass is 9.81. The lowest BCUT2D eigenvalue weighted by Gasteiger charge is -2.27. The number of fused-ring (bicyclic) bond motifs is 2. The van der Waals surface area contributed by atoms with Gasteiger partial charge in [0.25, 0.3) is 11.8 Å². The molecule has 1 unspecified atom stereocenters. The number of benzene rings is 2. The molecule has 2 aromatic carbocycles. The fraction of sp³-hybridized carbons (Fsp3) is 0.467. The highest BCUT2D eigenvalue weighted by atomic mass is 16.7. The fourth-order valence-electron chi connectivity index (χ4n) is 6.12. The number of carbonyl (C=O) groups excluding carboxylic acids is 1. The number of nitriles is 1. The molecule has 2 aliphatic heterocycles. The molecular formula is C30H32N4O5. The minimum atomic E-state index is -0.726. The van der Waals surface area contributed by atoms with Crippen molar-refractivity contribution >= 4 is 5.91 Å². The zero-order valence-electron chi connectivity index (χ0n) is 22.7. The third kappa shape index (κ3) is 4.58. The Kier molecular flexibility index (Phi) is 6.20. The molecule has 202 valence electrons. The minimum absolute atomic E-state index is 0.00594. The van der Waals surface area contributed by atoms with Gasteiger partial charge in [-0.1, -0.05) is 23.4 Å². The van der Waals surface area contributed by atoms with E-state index in [4.69, 9.17) is 23.7 Å². The summed E-state index contributed by atoms with van der Waals surface area (Å²) in [6.07, 6.45) is 2.17. The molecule has 9 nitrogen and oxygen atoms in total. The Hall–Kier alpha value is -3.74. The van der Waals surface area contributed by atoms with Crippen LogP contribution < -0.4 is 4.74 Å². The first kappa shape index (κ1) is 25.5. The summed E-state index contributed by atoms with van der Waals surface area (Å²) in [6, 6.07) is 13.7. The number of hydrogen-bond donors (Lipinski definition) is 0. The molecule has 0 radical (unpaired) electrons. The van der Waals surface area contributed by atoms with Crippen molar-refractivity contribution in [3.8, 4) is 34.7 Å². The molecule has 3 heterocycles. The first-order valence-electron chi connectivity index (χ1n) is 13.5. The van der Waals surface area contributed by atoms with Gasteiger partial charge in [0.05, 0.1) is 18.3 Å². The van der Waals surface area contributed by atoms with Crippen LogP contribution in [0.3, 0.4) is 0 Å². The molecule has 3 aliphatic rings. The molecule has 1 aromatic heterocycles. The standard InChI is InChI=1S/C30H32N4O5/c1-18(2)37-24-9-8-19(14-20(24)15-31)27-32-26(33-39-27)22-6-5-7-23-21(22)10-11-30(23)12-13-34(17-30)28(35)25-16-36-29(3,4)38-25/h5-9,14,18,25H,10-13,16-17H2,1-4H3/t25-,30?/m1/s1. The van der Waals surface area contributed by atoms with E-state index in [1.165, 1.54) is 11.1 Å². The number of amides is 1. The highest BCUT2D eigenvalue weighted by Crippen LogP contribution is 2.48. The second-order valence-electron chi connectivity index (χ2n) is 11.4. The smallest absolute Gasteiger partial charge is 0.258 e. The summed E-state index contributed by atoms with van der Waals surface area (Å²) in [5.41, 5.74) is 4.40. The molecular weight excluding hydrogens is 496 g/mol. The summed E-state index contributed by atoms with van der Waals surface area (Å²) < 4.78 is 22.8. The predicted molar refractivity (Wildman–Crippen MR) is 142 cm³/mol. The van der Waals surface area contributed by atoms with Crippen LogP contribution in [0.2, 0.25) is 0 Å². The Labute approximate surface area is 227 Å². The Bertz CT molecular complexity index is 1470. The van der Waals surface area contributed by atoms with Crippen LogP contribution in [0.4, 0.5) is 0 Å². The van der Waals surface area contributed by atoms with Crippen molar-refractivity contribution in [2.75, 3.05) is 19.7 Å². The molecule has 1 amide bonds. The molecule has 1 aliphatic carbocycles. The number of rotatable bonds is 5. The average Bonchev–Trinajstić information content (AvgIpc) is 3.71. The van der Waals surface area contributed by atoms with Crippen LogP contribution >= 0.6 is 0 Å². The largest absolute Gasteiger partial charge is 0.490 e. The number of nitrogens with zero attached hydrogens (tertiary/aromatic N) is 4. The molecule has 6 rings (SSSR count). The van der Waals surface area contributed by atoms with Crippen LogP contribution in [-0.2, 0) is 26.1 Å². The van der Waals surface area contributed by atoms with Crippen LogP contribution in [0.5, 0.6) is 5.75 Å². The van der Waals surface area contributed by atoms with E-state index in [0.717, 1.165) is 24.8 Å². The Morgan fingerprint density at radius 1 is 1.23 bits per heavy atom. The molecule has 0 saturated carbocycles. The second-order valence-corrected chi connectivity index (χ2v) is 11.4. The van der Waals surface area contributed by atoms with E-state index in [1.807, 2.05) is 50.8 Å². The van der Waals surface area contributed by atoms with Crippen LogP contribution in [-0.4, -0.2) is 58.6 Å². The molecule has 9 heteroatoms.